The van der Waals surface area contributed by atoms with Gasteiger partial charge >= 0.3 is 0 Å². The van der Waals surface area contributed by atoms with Gasteiger partial charge in [0.15, 0.2) is 11.0 Å². The van der Waals surface area contributed by atoms with E-state index >= 15 is 0 Å². The van der Waals surface area contributed by atoms with Crippen LogP contribution in [0.15, 0.2) is 47.9 Å². The Kier molecular flexibility index (Phi) is 6.71. The maximum Gasteiger partial charge on any atom is 0.234 e. The summed E-state index contributed by atoms with van der Waals surface area (Å²) in [6, 6.07) is 8.75. The average Bonchev–Trinajstić information content (AvgIpc) is 3.07. The van der Waals surface area contributed by atoms with Crippen LogP contribution in [0.5, 0.6) is 0 Å². The van der Waals surface area contributed by atoms with Crippen molar-refractivity contribution < 1.29 is 4.79 Å². The van der Waals surface area contributed by atoms with Crippen molar-refractivity contribution in [3.8, 4) is 11.4 Å². The van der Waals surface area contributed by atoms with Crippen LogP contribution in [0.2, 0.25) is 10.0 Å². The molecule has 3 rings (SSSR count). The van der Waals surface area contributed by atoms with Crippen LogP contribution in [-0.2, 0) is 11.3 Å². The third-order valence-corrected chi connectivity index (χ3v) is 5.34. The number of benzene rings is 1. The number of carbonyl (C=O) groups is 1. The van der Waals surface area contributed by atoms with Gasteiger partial charge in [-0.2, -0.15) is 0 Å². The van der Waals surface area contributed by atoms with Crippen LogP contribution in [0, 0.1) is 0 Å². The van der Waals surface area contributed by atoms with Gasteiger partial charge in [-0.3, -0.25) is 9.78 Å². The minimum absolute atomic E-state index is 0.158. The van der Waals surface area contributed by atoms with Crippen molar-refractivity contribution in [3.05, 3.63) is 52.8 Å². The van der Waals surface area contributed by atoms with Crippen molar-refractivity contribution in [2.75, 3.05) is 11.1 Å². The van der Waals surface area contributed by atoms with Gasteiger partial charge in [-0.25, -0.2) is 0 Å². The van der Waals surface area contributed by atoms with Gasteiger partial charge in [-0.15, -0.1) is 10.2 Å². The number of rotatable bonds is 7. The summed E-state index contributed by atoms with van der Waals surface area (Å²) in [5.41, 5.74) is 1.54. The number of aromatic nitrogens is 4. The number of anilines is 1. The molecule has 0 saturated carbocycles. The van der Waals surface area contributed by atoms with Crippen molar-refractivity contribution in [1.29, 1.82) is 0 Å². The third-order valence-electron chi connectivity index (χ3n) is 3.64. The molecule has 140 valence electrons. The highest BCUT2D eigenvalue weighted by atomic mass is 35.5. The summed E-state index contributed by atoms with van der Waals surface area (Å²) >= 11 is 13.2. The Hall–Kier alpha value is -2.09. The normalized spacial score (nSPS) is 10.8. The molecule has 0 saturated heterocycles. The molecule has 0 aliphatic heterocycles. The highest BCUT2D eigenvalue weighted by Crippen LogP contribution is 2.26. The first-order valence-corrected chi connectivity index (χ1v) is 10.0. The molecule has 6 nitrogen and oxygen atoms in total. The van der Waals surface area contributed by atoms with Gasteiger partial charge < -0.3 is 9.88 Å². The molecule has 0 atom stereocenters. The van der Waals surface area contributed by atoms with E-state index in [9.17, 15) is 4.79 Å². The van der Waals surface area contributed by atoms with Gasteiger partial charge in [0.05, 0.1) is 15.8 Å². The van der Waals surface area contributed by atoms with Gasteiger partial charge in [-0.05, 0) is 36.8 Å². The van der Waals surface area contributed by atoms with Crippen molar-refractivity contribution >= 4 is 46.6 Å². The van der Waals surface area contributed by atoms with E-state index in [0.29, 0.717) is 20.9 Å². The zero-order valence-corrected chi connectivity index (χ0v) is 16.9. The number of nitrogens with one attached hydrogen (secondary N) is 1. The number of pyridine rings is 1. The summed E-state index contributed by atoms with van der Waals surface area (Å²) in [5, 5.41) is 12.9. The number of thioether (sulfide) groups is 1. The fourth-order valence-corrected chi connectivity index (χ4v) is 3.50. The lowest BCUT2D eigenvalue weighted by Crippen LogP contribution is -2.14. The number of halogens is 2. The van der Waals surface area contributed by atoms with E-state index in [1.54, 1.807) is 30.6 Å². The minimum Gasteiger partial charge on any atom is -0.325 e. The Morgan fingerprint density at radius 1 is 1.15 bits per heavy atom. The molecule has 9 heteroatoms. The van der Waals surface area contributed by atoms with Crippen LogP contribution < -0.4 is 5.32 Å². The Morgan fingerprint density at radius 2 is 1.93 bits per heavy atom. The number of carbonyl (C=O) groups excluding carboxylic acids is 1. The molecule has 27 heavy (non-hydrogen) atoms. The molecule has 0 spiro atoms. The first-order valence-electron chi connectivity index (χ1n) is 8.29. The summed E-state index contributed by atoms with van der Waals surface area (Å²) in [5.74, 6) is 0.819. The van der Waals surface area contributed by atoms with Crippen molar-refractivity contribution in [3.63, 3.8) is 0 Å². The molecule has 2 aromatic heterocycles. The van der Waals surface area contributed by atoms with Crippen LogP contribution in [0.3, 0.4) is 0 Å². The maximum atomic E-state index is 12.3. The fourth-order valence-electron chi connectivity index (χ4n) is 2.44. The molecule has 1 amide bonds. The SMILES string of the molecule is CCCn1c(SCC(=O)Nc2ccc(Cl)c(Cl)c2)nnc1-c1ccncc1. The lowest BCUT2D eigenvalue weighted by Gasteiger charge is -2.09. The summed E-state index contributed by atoms with van der Waals surface area (Å²) in [4.78, 5) is 16.3. The number of hydrogen-bond donors (Lipinski definition) is 1. The van der Waals surface area contributed by atoms with E-state index < -0.39 is 0 Å². The van der Waals surface area contributed by atoms with Crippen LogP contribution in [0.4, 0.5) is 5.69 Å². The monoisotopic (exact) mass is 421 g/mol. The van der Waals surface area contributed by atoms with Crippen LogP contribution >= 0.6 is 35.0 Å². The maximum absolute atomic E-state index is 12.3. The van der Waals surface area contributed by atoms with Crippen molar-refractivity contribution in [1.82, 2.24) is 19.7 Å². The summed E-state index contributed by atoms with van der Waals surface area (Å²) in [7, 11) is 0. The van der Waals surface area contributed by atoms with Gasteiger partial charge in [-0.1, -0.05) is 41.9 Å². The van der Waals surface area contributed by atoms with E-state index in [-0.39, 0.29) is 11.7 Å². The quantitative estimate of drug-likeness (QED) is 0.555. The molecule has 2 heterocycles. The molecule has 3 aromatic rings. The van der Waals surface area contributed by atoms with Gasteiger partial charge in [0, 0.05) is 30.2 Å². The second-order valence-corrected chi connectivity index (χ2v) is 7.42. The molecule has 1 aromatic carbocycles. The molecule has 0 fully saturated rings. The van der Waals surface area contributed by atoms with Crippen LogP contribution in [0.25, 0.3) is 11.4 Å². The minimum atomic E-state index is -0.158. The third kappa shape index (κ3) is 5.00. The summed E-state index contributed by atoms with van der Waals surface area (Å²) in [6.07, 6.45) is 4.37. The molecular weight excluding hydrogens is 405 g/mol. The van der Waals surface area contributed by atoms with E-state index in [0.717, 1.165) is 24.4 Å². The van der Waals surface area contributed by atoms with E-state index in [1.165, 1.54) is 11.8 Å². The second-order valence-electron chi connectivity index (χ2n) is 5.66. The Labute approximate surface area is 171 Å². The number of hydrogen-bond acceptors (Lipinski definition) is 5. The Bertz CT molecular complexity index is 933. The highest BCUT2D eigenvalue weighted by molar-refractivity contribution is 7.99. The average molecular weight is 422 g/mol. The van der Waals surface area contributed by atoms with E-state index in [2.05, 4.69) is 27.4 Å². The summed E-state index contributed by atoms with van der Waals surface area (Å²) in [6.45, 7) is 2.85. The number of amides is 1. The molecular formula is C18H17Cl2N5OS. The van der Waals surface area contributed by atoms with E-state index in [1.807, 2.05) is 16.7 Å². The molecule has 0 bridgehead atoms. The van der Waals surface area contributed by atoms with Gasteiger partial charge in [0.25, 0.3) is 0 Å². The molecule has 0 aliphatic rings. The molecule has 0 aliphatic carbocycles. The number of nitrogens with zero attached hydrogens (tertiary/aromatic N) is 4. The van der Waals surface area contributed by atoms with Gasteiger partial charge in [0.1, 0.15) is 0 Å². The zero-order chi connectivity index (χ0) is 19.2. The first kappa shape index (κ1) is 19.7. The van der Waals surface area contributed by atoms with Crippen LogP contribution in [-0.4, -0.2) is 31.4 Å². The Balaban J connectivity index is 1.69. The Morgan fingerprint density at radius 3 is 2.63 bits per heavy atom. The second kappa shape index (κ2) is 9.21. The van der Waals surface area contributed by atoms with Gasteiger partial charge in [0.2, 0.25) is 5.91 Å². The van der Waals surface area contributed by atoms with Crippen LogP contribution in [0.1, 0.15) is 13.3 Å². The topological polar surface area (TPSA) is 72.7 Å². The largest absolute Gasteiger partial charge is 0.325 e. The van der Waals surface area contributed by atoms with E-state index in [4.69, 9.17) is 23.2 Å². The van der Waals surface area contributed by atoms with Crippen molar-refractivity contribution in [2.24, 2.45) is 0 Å². The van der Waals surface area contributed by atoms with Crippen molar-refractivity contribution in [2.45, 2.75) is 25.0 Å². The predicted molar refractivity (Wildman–Crippen MR) is 109 cm³/mol. The summed E-state index contributed by atoms with van der Waals surface area (Å²) < 4.78 is 2.02. The molecule has 0 radical (unpaired) electrons. The predicted octanol–water partition coefficient (Wildman–Crippen LogP) is 4.79. The molecule has 0 unspecified atom stereocenters. The first-order chi connectivity index (χ1) is 13.1. The highest BCUT2D eigenvalue weighted by Gasteiger charge is 2.15. The lowest BCUT2D eigenvalue weighted by atomic mass is 10.2. The fraction of sp³-hybridized carbons (Fsp3) is 0.222. The zero-order valence-electron chi connectivity index (χ0n) is 14.5. The smallest absolute Gasteiger partial charge is 0.234 e. The lowest BCUT2D eigenvalue weighted by molar-refractivity contribution is -0.113. The molecule has 1 N–H and O–H groups in total. The standard InChI is InChI=1S/C18H17Cl2N5OS/c1-2-9-25-17(12-5-7-21-8-6-12)23-24-18(25)27-11-16(26)22-13-3-4-14(19)15(20)10-13/h3-8,10H,2,9,11H2,1H3,(H,22,26).